The second-order valence-electron chi connectivity index (χ2n) is 4.83. The molecule has 0 aromatic heterocycles. The number of hydrogen-bond donors (Lipinski definition) is 1. The highest BCUT2D eigenvalue weighted by molar-refractivity contribution is 4.72. The van der Waals surface area contributed by atoms with Crippen molar-refractivity contribution in [1.29, 1.82) is 0 Å². The summed E-state index contributed by atoms with van der Waals surface area (Å²) in [7, 11) is 1.76. The van der Waals surface area contributed by atoms with Gasteiger partial charge in [0.05, 0.1) is 0 Å². The van der Waals surface area contributed by atoms with Crippen LogP contribution < -0.4 is 5.32 Å². The summed E-state index contributed by atoms with van der Waals surface area (Å²) < 4.78 is 5.02. The lowest BCUT2D eigenvalue weighted by Gasteiger charge is -2.26. The quantitative estimate of drug-likeness (QED) is 0.673. The molecule has 1 unspecified atom stereocenters. The van der Waals surface area contributed by atoms with Crippen molar-refractivity contribution in [2.24, 2.45) is 0 Å². The number of methoxy groups -OCH3 is 1. The first kappa shape index (κ1) is 13.9. The Labute approximate surface area is 101 Å². The minimum absolute atomic E-state index is 0.781. The van der Waals surface area contributed by atoms with E-state index in [1.54, 1.807) is 7.11 Å². The normalized spacial score (nSPS) is 23.2. The van der Waals surface area contributed by atoms with Crippen LogP contribution in [-0.2, 0) is 4.74 Å². The maximum Gasteiger partial charge on any atom is 0.0474 e. The molecule has 1 aliphatic heterocycles. The standard InChI is InChI=1S/C13H28N2O/c1-13-7-4-3-5-10-15(13)11-9-14-8-6-12-16-2/h13-14H,3-12H2,1-2H3. The van der Waals surface area contributed by atoms with Crippen LogP contribution in [0.15, 0.2) is 0 Å². The molecule has 0 bridgehead atoms. The van der Waals surface area contributed by atoms with E-state index in [2.05, 4.69) is 17.1 Å². The molecular weight excluding hydrogens is 200 g/mol. The summed E-state index contributed by atoms with van der Waals surface area (Å²) in [6, 6.07) is 0.781. The van der Waals surface area contributed by atoms with Crippen molar-refractivity contribution in [1.82, 2.24) is 10.2 Å². The zero-order chi connectivity index (χ0) is 11.6. The van der Waals surface area contributed by atoms with Crippen molar-refractivity contribution in [2.75, 3.05) is 39.9 Å². The third-order valence-corrected chi connectivity index (χ3v) is 3.47. The van der Waals surface area contributed by atoms with Gasteiger partial charge in [-0.1, -0.05) is 12.8 Å². The topological polar surface area (TPSA) is 24.5 Å². The van der Waals surface area contributed by atoms with Crippen molar-refractivity contribution in [2.45, 2.75) is 45.1 Å². The molecule has 0 saturated carbocycles. The maximum atomic E-state index is 5.02. The van der Waals surface area contributed by atoms with E-state index >= 15 is 0 Å². The molecule has 16 heavy (non-hydrogen) atoms. The highest BCUT2D eigenvalue weighted by atomic mass is 16.5. The zero-order valence-corrected chi connectivity index (χ0v) is 11.0. The van der Waals surface area contributed by atoms with Gasteiger partial charge in [0.25, 0.3) is 0 Å². The molecule has 3 heteroatoms. The lowest BCUT2D eigenvalue weighted by atomic mass is 10.1. The summed E-state index contributed by atoms with van der Waals surface area (Å²) in [5, 5.41) is 3.49. The fraction of sp³-hybridized carbons (Fsp3) is 1.00. The van der Waals surface area contributed by atoms with E-state index in [1.807, 2.05) is 0 Å². The third kappa shape index (κ3) is 5.83. The van der Waals surface area contributed by atoms with Crippen LogP contribution in [0.5, 0.6) is 0 Å². The van der Waals surface area contributed by atoms with Gasteiger partial charge in [0.1, 0.15) is 0 Å². The van der Waals surface area contributed by atoms with Crippen molar-refractivity contribution in [3.8, 4) is 0 Å². The smallest absolute Gasteiger partial charge is 0.0474 e. The molecule has 1 N–H and O–H groups in total. The Balaban J connectivity index is 2.01. The van der Waals surface area contributed by atoms with Crippen LogP contribution in [-0.4, -0.2) is 50.8 Å². The Bertz CT molecular complexity index is 164. The Kier molecular flexibility index (Phi) is 7.81. The SMILES string of the molecule is COCCCNCCN1CCCCCC1C. The molecule has 0 amide bonds. The van der Waals surface area contributed by atoms with Gasteiger partial charge in [-0.3, -0.25) is 4.90 Å². The summed E-state index contributed by atoms with van der Waals surface area (Å²) in [4.78, 5) is 2.64. The van der Waals surface area contributed by atoms with E-state index in [4.69, 9.17) is 4.74 Å². The maximum absolute atomic E-state index is 5.02. The largest absolute Gasteiger partial charge is 0.385 e. The zero-order valence-electron chi connectivity index (χ0n) is 11.0. The first-order valence-corrected chi connectivity index (χ1v) is 6.78. The average molecular weight is 228 g/mol. The number of nitrogens with one attached hydrogen (secondary N) is 1. The number of nitrogens with zero attached hydrogens (tertiary/aromatic N) is 1. The molecule has 3 nitrogen and oxygen atoms in total. The van der Waals surface area contributed by atoms with Crippen LogP contribution in [0.25, 0.3) is 0 Å². The molecule has 1 rings (SSSR count). The van der Waals surface area contributed by atoms with Gasteiger partial charge in [0.15, 0.2) is 0 Å². The van der Waals surface area contributed by atoms with Crippen LogP contribution in [0.3, 0.4) is 0 Å². The van der Waals surface area contributed by atoms with E-state index in [-0.39, 0.29) is 0 Å². The second kappa shape index (κ2) is 8.97. The predicted octanol–water partition coefficient (Wildman–Crippen LogP) is 1.88. The summed E-state index contributed by atoms with van der Waals surface area (Å²) in [6.45, 7) is 7.93. The van der Waals surface area contributed by atoms with Crippen LogP contribution in [0.1, 0.15) is 39.0 Å². The van der Waals surface area contributed by atoms with E-state index in [9.17, 15) is 0 Å². The second-order valence-corrected chi connectivity index (χ2v) is 4.83. The van der Waals surface area contributed by atoms with Crippen LogP contribution in [0.2, 0.25) is 0 Å². The van der Waals surface area contributed by atoms with E-state index in [1.165, 1.54) is 38.8 Å². The molecular formula is C13H28N2O. The summed E-state index contributed by atoms with van der Waals surface area (Å²) in [5.74, 6) is 0. The van der Waals surface area contributed by atoms with Gasteiger partial charge in [0, 0.05) is 32.8 Å². The highest BCUT2D eigenvalue weighted by Gasteiger charge is 2.15. The van der Waals surface area contributed by atoms with Gasteiger partial charge in [0.2, 0.25) is 0 Å². The minimum atomic E-state index is 0.781. The summed E-state index contributed by atoms with van der Waals surface area (Å²) >= 11 is 0. The molecule has 1 fully saturated rings. The predicted molar refractivity (Wildman–Crippen MR) is 68.9 cm³/mol. The van der Waals surface area contributed by atoms with Crippen molar-refractivity contribution in [3.63, 3.8) is 0 Å². The molecule has 0 aromatic carbocycles. The monoisotopic (exact) mass is 228 g/mol. The van der Waals surface area contributed by atoms with Crippen LogP contribution >= 0.6 is 0 Å². The molecule has 96 valence electrons. The van der Waals surface area contributed by atoms with Gasteiger partial charge in [-0.2, -0.15) is 0 Å². The van der Waals surface area contributed by atoms with Gasteiger partial charge in [-0.25, -0.2) is 0 Å². The van der Waals surface area contributed by atoms with Gasteiger partial charge < -0.3 is 10.1 Å². The first-order chi connectivity index (χ1) is 7.84. The fourth-order valence-electron chi connectivity index (χ4n) is 2.36. The van der Waals surface area contributed by atoms with Gasteiger partial charge in [-0.05, 0) is 39.3 Å². The Morgan fingerprint density at radius 1 is 1.25 bits per heavy atom. The lowest BCUT2D eigenvalue weighted by Crippen LogP contribution is -2.38. The average Bonchev–Trinajstić information content (AvgIpc) is 2.49. The van der Waals surface area contributed by atoms with E-state index in [0.717, 1.165) is 32.2 Å². The molecule has 1 aliphatic rings. The number of ether oxygens (including phenoxy) is 1. The fourth-order valence-corrected chi connectivity index (χ4v) is 2.36. The molecule has 1 heterocycles. The molecule has 0 aliphatic carbocycles. The summed E-state index contributed by atoms with van der Waals surface area (Å²) in [6.07, 6.45) is 6.71. The Hall–Kier alpha value is -0.120. The highest BCUT2D eigenvalue weighted by Crippen LogP contribution is 2.15. The van der Waals surface area contributed by atoms with Crippen molar-refractivity contribution in [3.05, 3.63) is 0 Å². The minimum Gasteiger partial charge on any atom is -0.385 e. The molecule has 0 radical (unpaired) electrons. The van der Waals surface area contributed by atoms with E-state index < -0.39 is 0 Å². The molecule has 0 aromatic rings. The van der Waals surface area contributed by atoms with Crippen molar-refractivity contribution >= 4 is 0 Å². The molecule has 0 spiro atoms. The van der Waals surface area contributed by atoms with Crippen LogP contribution in [0, 0.1) is 0 Å². The van der Waals surface area contributed by atoms with Gasteiger partial charge >= 0.3 is 0 Å². The number of hydrogen-bond acceptors (Lipinski definition) is 3. The number of rotatable bonds is 7. The molecule has 1 atom stereocenters. The first-order valence-electron chi connectivity index (χ1n) is 6.78. The van der Waals surface area contributed by atoms with Crippen molar-refractivity contribution < 1.29 is 4.74 Å². The van der Waals surface area contributed by atoms with Gasteiger partial charge in [-0.15, -0.1) is 0 Å². The Morgan fingerprint density at radius 3 is 2.94 bits per heavy atom. The van der Waals surface area contributed by atoms with E-state index in [0.29, 0.717) is 0 Å². The van der Waals surface area contributed by atoms with Crippen LogP contribution in [0.4, 0.5) is 0 Å². The third-order valence-electron chi connectivity index (χ3n) is 3.47. The number of likely N-dealkylation sites (tertiary alicyclic amines) is 1. The Morgan fingerprint density at radius 2 is 2.12 bits per heavy atom. The lowest BCUT2D eigenvalue weighted by molar-refractivity contribution is 0.191. The molecule has 1 saturated heterocycles. The summed E-state index contributed by atoms with van der Waals surface area (Å²) in [5.41, 5.74) is 0.